The zero-order chi connectivity index (χ0) is 20.8. The summed E-state index contributed by atoms with van der Waals surface area (Å²) in [6.07, 6.45) is 1.93. The Morgan fingerprint density at radius 3 is 2.50 bits per heavy atom. The average molecular weight is 399 g/mol. The molecule has 0 unspecified atom stereocenters. The van der Waals surface area contributed by atoms with Gasteiger partial charge in [-0.25, -0.2) is 4.68 Å². The zero-order valence-electron chi connectivity index (χ0n) is 16.5. The minimum Gasteiger partial charge on any atom is -0.457 e. The molecule has 1 atom stereocenters. The maximum absolute atomic E-state index is 13.0. The van der Waals surface area contributed by atoms with Crippen LogP contribution in [-0.4, -0.2) is 26.1 Å². The van der Waals surface area contributed by atoms with Gasteiger partial charge in [-0.2, -0.15) is 0 Å². The first-order valence-corrected chi connectivity index (χ1v) is 9.59. The van der Waals surface area contributed by atoms with Crippen LogP contribution < -0.4 is 10.1 Å². The fraction of sp³-hybridized carbons (Fsp3) is 0.130. The number of hydrogen-bond donors (Lipinski definition) is 1. The molecule has 0 saturated heterocycles. The van der Waals surface area contributed by atoms with Crippen molar-refractivity contribution in [1.29, 1.82) is 0 Å². The first kappa shape index (κ1) is 19.3. The van der Waals surface area contributed by atoms with Gasteiger partial charge in [0.1, 0.15) is 23.9 Å². The topological polar surface area (TPSA) is 81.9 Å². The Morgan fingerprint density at radius 1 is 1.00 bits per heavy atom. The molecule has 1 heterocycles. The van der Waals surface area contributed by atoms with Gasteiger partial charge in [0.25, 0.3) is 0 Å². The summed E-state index contributed by atoms with van der Waals surface area (Å²) in [7, 11) is 0. The van der Waals surface area contributed by atoms with Crippen LogP contribution in [0.1, 0.15) is 17.2 Å². The van der Waals surface area contributed by atoms with Crippen LogP contribution in [0, 0.1) is 6.92 Å². The van der Waals surface area contributed by atoms with Crippen LogP contribution >= 0.6 is 0 Å². The highest BCUT2D eigenvalue weighted by atomic mass is 16.5. The third kappa shape index (κ3) is 4.88. The molecule has 0 fully saturated rings. The Balaban J connectivity index is 1.45. The number of tetrazole rings is 1. The van der Waals surface area contributed by atoms with Gasteiger partial charge in [0.2, 0.25) is 5.91 Å². The second-order valence-corrected chi connectivity index (χ2v) is 6.93. The molecule has 0 aliphatic rings. The number of aromatic nitrogens is 4. The molecule has 4 rings (SSSR count). The number of amides is 1. The van der Waals surface area contributed by atoms with E-state index >= 15 is 0 Å². The Morgan fingerprint density at radius 2 is 1.80 bits per heavy atom. The number of hydrogen-bond acceptors (Lipinski definition) is 5. The van der Waals surface area contributed by atoms with Crippen molar-refractivity contribution < 1.29 is 9.53 Å². The first-order chi connectivity index (χ1) is 14.7. The van der Waals surface area contributed by atoms with Gasteiger partial charge in [-0.15, -0.1) is 5.10 Å². The Hall–Kier alpha value is -4.00. The molecule has 1 aromatic heterocycles. The summed E-state index contributed by atoms with van der Waals surface area (Å²) < 4.78 is 7.33. The van der Waals surface area contributed by atoms with Crippen molar-refractivity contribution in [1.82, 2.24) is 20.2 Å². The lowest BCUT2D eigenvalue weighted by atomic mass is 10.1. The fourth-order valence-corrected chi connectivity index (χ4v) is 3.10. The SMILES string of the molecule is Cc1cccc(Oc2ccc(NC(=O)[C@H](Cc3ccccc3)n3cnnn3)cc2)c1. The molecule has 1 N–H and O–H groups in total. The van der Waals surface area contributed by atoms with E-state index in [1.165, 1.54) is 11.0 Å². The highest BCUT2D eigenvalue weighted by Crippen LogP contribution is 2.24. The molecule has 0 aliphatic carbocycles. The number of nitrogens with one attached hydrogen (secondary N) is 1. The minimum atomic E-state index is -0.564. The van der Waals surface area contributed by atoms with Gasteiger partial charge in [0, 0.05) is 12.1 Å². The van der Waals surface area contributed by atoms with Gasteiger partial charge in [-0.3, -0.25) is 4.79 Å². The monoisotopic (exact) mass is 399 g/mol. The van der Waals surface area contributed by atoms with E-state index in [9.17, 15) is 4.79 Å². The summed E-state index contributed by atoms with van der Waals surface area (Å²) in [6.45, 7) is 2.02. The van der Waals surface area contributed by atoms with E-state index in [1.807, 2.05) is 85.8 Å². The van der Waals surface area contributed by atoms with E-state index < -0.39 is 6.04 Å². The van der Waals surface area contributed by atoms with E-state index in [1.54, 1.807) is 0 Å². The summed E-state index contributed by atoms with van der Waals surface area (Å²) in [5.74, 6) is 1.27. The molecular weight excluding hydrogens is 378 g/mol. The number of carbonyl (C=O) groups excluding carboxylic acids is 1. The van der Waals surface area contributed by atoms with Crippen molar-refractivity contribution in [2.75, 3.05) is 5.32 Å². The normalized spacial score (nSPS) is 11.6. The summed E-state index contributed by atoms with van der Waals surface area (Å²) >= 11 is 0. The Kier molecular flexibility index (Phi) is 5.80. The molecular formula is C23H21N5O2. The van der Waals surface area contributed by atoms with Crippen LogP contribution in [0.5, 0.6) is 11.5 Å². The summed E-state index contributed by atoms with van der Waals surface area (Å²) in [4.78, 5) is 13.0. The van der Waals surface area contributed by atoms with E-state index in [0.29, 0.717) is 17.9 Å². The highest BCUT2D eigenvalue weighted by Gasteiger charge is 2.22. The lowest BCUT2D eigenvalue weighted by Crippen LogP contribution is -2.28. The summed E-state index contributed by atoms with van der Waals surface area (Å²) in [5, 5.41) is 14.2. The molecule has 0 radical (unpaired) electrons. The van der Waals surface area contributed by atoms with Crippen LogP contribution in [0.3, 0.4) is 0 Å². The maximum Gasteiger partial charge on any atom is 0.249 e. The molecule has 0 saturated carbocycles. The third-order valence-electron chi connectivity index (χ3n) is 4.61. The first-order valence-electron chi connectivity index (χ1n) is 9.59. The lowest BCUT2D eigenvalue weighted by molar-refractivity contribution is -0.119. The predicted molar refractivity (Wildman–Crippen MR) is 113 cm³/mol. The Labute approximate surface area is 174 Å². The van der Waals surface area contributed by atoms with Crippen molar-refractivity contribution in [3.05, 3.63) is 96.3 Å². The fourth-order valence-electron chi connectivity index (χ4n) is 3.10. The van der Waals surface area contributed by atoms with Crippen molar-refractivity contribution in [3.8, 4) is 11.5 Å². The van der Waals surface area contributed by atoms with Gasteiger partial charge in [0.05, 0.1) is 0 Å². The third-order valence-corrected chi connectivity index (χ3v) is 4.61. The molecule has 0 bridgehead atoms. The van der Waals surface area contributed by atoms with Gasteiger partial charge in [-0.05, 0) is 64.9 Å². The quantitative estimate of drug-likeness (QED) is 0.504. The van der Waals surface area contributed by atoms with Gasteiger partial charge >= 0.3 is 0 Å². The number of carbonyl (C=O) groups is 1. The molecule has 4 aromatic rings. The number of ether oxygens (including phenoxy) is 1. The molecule has 150 valence electrons. The molecule has 1 amide bonds. The van der Waals surface area contributed by atoms with Gasteiger partial charge in [0.15, 0.2) is 0 Å². The predicted octanol–water partition coefficient (Wildman–Crippen LogP) is 4.20. The van der Waals surface area contributed by atoms with E-state index in [4.69, 9.17) is 4.74 Å². The second kappa shape index (κ2) is 9.00. The zero-order valence-corrected chi connectivity index (χ0v) is 16.5. The summed E-state index contributed by atoms with van der Waals surface area (Å²) in [6, 6.07) is 24.3. The number of nitrogens with zero attached hydrogens (tertiary/aromatic N) is 4. The second-order valence-electron chi connectivity index (χ2n) is 6.93. The molecule has 7 nitrogen and oxygen atoms in total. The molecule has 3 aromatic carbocycles. The van der Waals surface area contributed by atoms with E-state index in [-0.39, 0.29) is 5.91 Å². The van der Waals surface area contributed by atoms with Gasteiger partial charge in [-0.1, -0.05) is 42.5 Å². The number of benzene rings is 3. The van der Waals surface area contributed by atoms with E-state index in [2.05, 4.69) is 20.8 Å². The van der Waals surface area contributed by atoms with Crippen molar-refractivity contribution >= 4 is 11.6 Å². The van der Waals surface area contributed by atoms with Crippen molar-refractivity contribution in [3.63, 3.8) is 0 Å². The number of anilines is 1. The van der Waals surface area contributed by atoms with E-state index in [0.717, 1.165) is 16.9 Å². The molecule has 0 spiro atoms. The van der Waals surface area contributed by atoms with Crippen LogP contribution in [0.4, 0.5) is 5.69 Å². The number of rotatable bonds is 7. The molecule has 30 heavy (non-hydrogen) atoms. The van der Waals surface area contributed by atoms with Crippen molar-refractivity contribution in [2.24, 2.45) is 0 Å². The molecule has 7 heteroatoms. The minimum absolute atomic E-state index is 0.196. The Bertz CT molecular complexity index is 1100. The van der Waals surface area contributed by atoms with Crippen LogP contribution in [0.2, 0.25) is 0 Å². The average Bonchev–Trinajstić information content (AvgIpc) is 3.29. The van der Waals surface area contributed by atoms with Crippen LogP contribution in [-0.2, 0) is 11.2 Å². The maximum atomic E-state index is 13.0. The largest absolute Gasteiger partial charge is 0.457 e. The molecule has 0 aliphatic heterocycles. The highest BCUT2D eigenvalue weighted by molar-refractivity contribution is 5.93. The van der Waals surface area contributed by atoms with Gasteiger partial charge < -0.3 is 10.1 Å². The number of aryl methyl sites for hydroxylation is 1. The van der Waals surface area contributed by atoms with Crippen molar-refractivity contribution in [2.45, 2.75) is 19.4 Å². The lowest BCUT2D eigenvalue weighted by Gasteiger charge is -2.16. The standard InChI is InChI=1S/C23H21N5O2/c1-17-6-5-9-21(14-17)30-20-12-10-19(11-13-20)25-23(29)22(28-16-24-26-27-28)15-18-7-3-2-4-8-18/h2-14,16,22H,15H2,1H3,(H,25,29)/t22-/m0/s1. The van der Waals surface area contributed by atoms with Crippen LogP contribution in [0.25, 0.3) is 0 Å². The smallest absolute Gasteiger partial charge is 0.249 e. The summed E-state index contributed by atoms with van der Waals surface area (Å²) in [5.41, 5.74) is 2.82. The van der Waals surface area contributed by atoms with Crippen LogP contribution in [0.15, 0.2) is 85.2 Å².